The van der Waals surface area contributed by atoms with E-state index in [0.29, 0.717) is 11.4 Å². The SMILES string of the molecule is CN(C)c1ccc([C@H](N)CCO)c(Cl)c1.Cl. The molecule has 3 nitrogen and oxygen atoms in total. The summed E-state index contributed by atoms with van der Waals surface area (Å²) >= 11 is 6.12. The molecular formula is C11H18Cl2N2O. The second-order valence-corrected chi connectivity index (χ2v) is 4.13. The zero-order chi connectivity index (χ0) is 11.4. The largest absolute Gasteiger partial charge is 0.396 e. The molecule has 0 amide bonds. The second-order valence-electron chi connectivity index (χ2n) is 3.72. The Morgan fingerprint density at radius 3 is 2.50 bits per heavy atom. The van der Waals surface area contributed by atoms with Crippen molar-refractivity contribution in [1.29, 1.82) is 0 Å². The lowest BCUT2D eigenvalue weighted by molar-refractivity contribution is 0.276. The third-order valence-corrected chi connectivity index (χ3v) is 2.67. The fraction of sp³-hybridized carbons (Fsp3) is 0.455. The Hall–Kier alpha value is -0.480. The monoisotopic (exact) mass is 264 g/mol. The Morgan fingerprint density at radius 2 is 2.06 bits per heavy atom. The Balaban J connectivity index is 0.00000225. The van der Waals surface area contributed by atoms with E-state index >= 15 is 0 Å². The van der Waals surface area contributed by atoms with Gasteiger partial charge in [0, 0.05) is 37.5 Å². The zero-order valence-electron chi connectivity index (χ0n) is 9.48. The number of benzene rings is 1. The maximum atomic E-state index is 8.80. The summed E-state index contributed by atoms with van der Waals surface area (Å²) in [5, 5.41) is 9.46. The first-order chi connectivity index (χ1) is 7.06. The number of hydrogen-bond donors (Lipinski definition) is 2. The van der Waals surface area contributed by atoms with Crippen molar-refractivity contribution in [2.75, 3.05) is 25.6 Å². The van der Waals surface area contributed by atoms with Gasteiger partial charge in [-0.1, -0.05) is 17.7 Å². The molecule has 5 heteroatoms. The Morgan fingerprint density at radius 1 is 1.44 bits per heavy atom. The summed E-state index contributed by atoms with van der Waals surface area (Å²) in [6, 6.07) is 5.57. The molecule has 0 saturated carbocycles. The molecule has 1 rings (SSSR count). The van der Waals surface area contributed by atoms with Crippen LogP contribution in [0.15, 0.2) is 18.2 Å². The first-order valence-electron chi connectivity index (χ1n) is 4.89. The molecule has 1 aromatic carbocycles. The summed E-state index contributed by atoms with van der Waals surface area (Å²) in [5.74, 6) is 0. The fourth-order valence-electron chi connectivity index (χ4n) is 1.39. The van der Waals surface area contributed by atoms with Crippen LogP contribution in [0.25, 0.3) is 0 Å². The van der Waals surface area contributed by atoms with Crippen LogP contribution < -0.4 is 10.6 Å². The number of halogens is 2. The number of nitrogens with two attached hydrogens (primary N) is 1. The van der Waals surface area contributed by atoms with Gasteiger partial charge in [0.15, 0.2) is 0 Å². The van der Waals surface area contributed by atoms with Crippen LogP contribution in [0.4, 0.5) is 5.69 Å². The molecule has 1 aromatic rings. The lowest BCUT2D eigenvalue weighted by atomic mass is 10.0. The predicted octanol–water partition coefficient (Wildman–Crippen LogP) is 2.21. The Kier molecular flexibility index (Phi) is 6.76. The molecule has 0 bridgehead atoms. The lowest BCUT2D eigenvalue weighted by Crippen LogP contribution is -2.13. The van der Waals surface area contributed by atoms with E-state index in [1.165, 1.54) is 0 Å². The average Bonchev–Trinajstić information content (AvgIpc) is 2.17. The van der Waals surface area contributed by atoms with Crippen LogP contribution in [0.1, 0.15) is 18.0 Å². The van der Waals surface area contributed by atoms with Crippen LogP contribution in [-0.2, 0) is 0 Å². The zero-order valence-corrected chi connectivity index (χ0v) is 11.1. The molecule has 1 atom stereocenters. The van der Waals surface area contributed by atoms with Crippen molar-refractivity contribution in [3.05, 3.63) is 28.8 Å². The molecule has 0 fully saturated rings. The second kappa shape index (κ2) is 6.97. The first kappa shape index (κ1) is 15.5. The molecule has 0 spiro atoms. The minimum absolute atomic E-state index is 0. The van der Waals surface area contributed by atoms with Crippen molar-refractivity contribution in [1.82, 2.24) is 0 Å². The number of rotatable bonds is 4. The van der Waals surface area contributed by atoms with E-state index in [2.05, 4.69) is 0 Å². The standard InChI is InChI=1S/C11H17ClN2O.ClH/c1-14(2)8-3-4-9(10(12)7-8)11(13)5-6-15;/h3-4,7,11,15H,5-6,13H2,1-2H3;1H/t11-;/m1./s1. The summed E-state index contributed by atoms with van der Waals surface area (Å²) in [5.41, 5.74) is 7.80. The van der Waals surface area contributed by atoms with Gasteiger partial charge in [0.1, 0.15) is 0 Å². The topological polar surface area (TPSA) is 49.5 Å². The molecule has 0 aliphatic carbocycles. The minimum Gasteiger partial charge on any atom is -0.396 e. The van der Waals surface area contributed by atoms with Gasteiger partial charge in [0.2, 0.25) is 0 Å². The Labute approximate surface area is 108 Å². The highest BCUT2D eigenvalue weighted by Crippen LogP contribution is 2.27. The number of nitrogens with zero attached hydrogens (tertiary/aromatic N) is 1. The van der Waals surface area contributed by atoms with E-state index in [1.54, 1.807) is 0 Å². The van der Waals surface area contributed by atoms with Gasteiger partial charge in [-0.2, -0.15) is 0 Å². The number of aliphatic hydroxyl groups is 1. The van der Waals surface area contributed by atoms with Crippen LogP contribution in [0.2, 0.25) is 5.02 Å². The molecular weight excluding hydrogens is 247 g/mol. The number of anilines is 1. The van der Waals surface area contributed by atoms with Gasteiger partial charge in [-0.05, 0) is 24.1 Å². The normalized spacial score (nSPS) is 11.8. The number of aliphatic hydroxyl groups excluding tert-OH is 1. The van der Waals surface area contributed by atoms with Crippen LogP contribution in [0.5, 0.6) is 0 Å². The Bertz CT molecular complexity index is 332. The van der Waals surface area contributed by atoms with E-state index in [4.69, 9.17) is 22.4 Å². The fourth-order valence-corrected chi connectivity index (χ4v) is 1.70. The van der Waals surface area contributed by atoms with Crippen LogP contribution in [-0.4, -0.2) is 25.8 Å². The van der Waals surface area contributed by atoms with Gasteiger partial charge in [-0.25, -0.2) is 0 Å². The molecule has 92 valence electrons. The van der Waals surface area contributed by atoms with Crippen LogP contribution >= 0.6 is 24.0 Å². The van der Waals surface area contributed by atoms with E-state index < -0.39 is 0 Å². The van der Waals surface area contributed by atoms with Gasteiger partial charge in [-0.3, -0.25) is 0 Å². The highest BCUT2D eigenvalue weighted by atomic mass is 35.5. The van der Waals surface area contributed by atoms with Crippen molar-refractivity contribution in [3.63, 3.8) is 0 Å². The quantitative estimate of drug-likeness (QED) is 0.877. The van der Waals surface area contributed by atoms with Crippen molar-refractivity contribution in [3.8, 4) is 0 Å². The van der Waals surface area contributed by atoms with Crippen LogP contribution in [0, 0.1) is 0 Å². The molecule has 0 heterocycles. The molecule has 3 N–H and O–H groups in total. The predicted molar refractivity (Wildman–Crippen MR) is 71.7 cm³/mol. The van der Waals surface area contributed by atoms with Crippen molar-refractivity contribution >= 4 is 29.7 Å². The van der Waals surface area contributed by atoms with E-state index in [-0.39, 0.29) is 25.1 Å². The smallest absolute Gasteiger partial charge is 0.0474 e. The molecule has 0 saturated heterocycles. The molecule has 0 unspecified atom stereocenters. The maximum absolute atomic E-state index is 8.80. The van der Waals surface area contributed by atoms with Crippen LogP contribution in [0.3, 0.4) is 0 Å². The molecule has 16 heavy (non-hydrogen) atoms. The van der Waals surface area contributed by atoms with Gasteiger partial charge in [0.05, 0.1) is 0 Å². The third kappa shape index (κ3) is 3.83. The maximum Gasteiger partial charge on any atom is 0.0474 e. The minimum atomic E-state index is -0.196. The van der Waals surface area contributed by atoms with Gasteiger partial charge < -0.3 is 15.7 Å². The third-order valence-electron chi connectivity index (χ3n) is 2.34. The van der Waals surface area contributed by atoms with Gasteiger partial charge >= 0.3 is 0 Å². The summed E-state index contributed by atoms with van der Waals surface area (Å²) in [4.78, 5) is 1.98. The summed E-state index contributed by atoms with van der Waals surface area (Å²) in [7, 11) is 3.91. The molecule has 0 aliphatic heterocycles. The van der Waals surface area contributed by atoms with Gasteiger partial charge in [0.25, 0.3) is 0 Å². The van der Waals surface area contributed by atoms with Crippen molar-refractivity contribution in [2.45, 2.75) is 12.5 Å². The number of hydrogen-bond acceptors (Lipinski definition) is 3. The van der Waals surface area contributed by atoms with E-state index in [9.17, 15) is 0 Å². The van der Waals surface area contributed by atoms with Gasteiger partial charge in [-0.15, -0.1) is 12.4 Å². The van der Waals surface area contributed by atoms with Crippen molar-refractivity contribution < 1.29 is 5.11 Å². The molecule has 0 aliphatic rings. The average molecular weight is 265 g/mol. The lowest BCUT2D eigenvalue weighted by Gasteiger charge is -2.17. The van der Waals surface area contributed by atoms with E-state index in [0.717, 1.165) is 11.3 Å². The first-order valence-corrected chi connectivity index (χ1v) is 5.27. The molecule has 0 aromatic heterocycles. The summed E-state index contributed by atoms with van der Waals surface area (Å²) in [6.07, 6.45) is 0.529. The highest BCUT2D eigenvalue weighted by molar-refractivity contribution is 6.31. The summed E-state index contributed by atoms with van der Waals surface area (Å²) in [6.45, 7) is 0.0763. The van der Waals surface area contributed by atoms with Crippen molar-refractivity contribution in [2.24, 2.45) is 5.73 Å². The van der Waals surface area contributed by atoms with E-state index in [1.807, 2.05) is 37.2 Å². The highest BCUT2D eigenvalue weighted by Gasteiger charge is 2.10. The molecule has 0 radical (unpaired) electrons. The summed E-state index contributed by atoms with van der Waals surface area (Å²) < 4.78 is 0.